The summed E-state index contributed by atoms with van der Waals surface area (Å²) in [6.45, 7) is 5.33. The van der Waals surface area contributed by atoms with E-state index in [1.54, 1.807) is 16.7 Å². The summed E-state index contributed by atoms with van der Waals surface area (Å²) in [7, 11) is 0. The minimum Gasteiger partial charge on any atom is -0.481 e. The van der Waals surface area contributed by atoms with Crippen molar-refractivity contribution in [2.45, 2.75) is 45.6 Å². The number of carbonyl (C=O) groups is 3. The Balaban J connectivity index is 1.94. The molecule has 0 bridgehead atoms. The summed E-state index contributed by atoms with van der Waals surface area (Å²) in [5.74, 6) is -0.629. The molecule has 0 radical (unpaired) electrons. The molecule has 0 aromatic carbocycles. The number of nitrogens with zero attached hydrogens (tertiary/aromatic N) is 2. The molecule has 1 heterocycles. The zero-order valence-corrected chi connectivity index (χ0v) is 12.7. The molecule has 2 fully saturated rings. The summed E-state index contributed by atoms with van der Waals surface area (Å²) in [5, 5.41) is 8.87. The fourth-order valence-electron chi connectivity index (χ4n) is 3.01. The van der Waals surface area contributed by atoms with Gasteiger partial charge in [0, 0.05) is 32.1 Å². The third-order valence-corrected chi connectivity index (χ3v) is 4.37. The van der Waals surface area contributed by atoms with Crippen molar-refractivity contribution in [1.29, 1.82) is 0 Å². The first-order valence-corrected chi connectivity index (χ1v) is 7.72. The molecular weight excluding hydrogens is 272 g/mol. The predicted octanol–water partition coefficient (Wildman–Crippen LogP) is 0.957. The SMILES string of the molecule is CCN(C(=O)C1CC(=O)N(CC2CC2)C1)C(C)CC(=O)O. The Morgan fingerprint density at radius 3 is 2.62 bits per heavy atom. The van der Waals surface area contributed by atoms with Crippen molar-refractivity contribution in [3.63, 3.8) is 0 Å². The average molecular weight is 296 g/mol. The standard InChI is InChI=1S/C15H24N2O4/c1-3-17(10(2)6-14(19)20)15(21)12-7-13(18)16(9-12)8-11-4-5-11/h10-12H,3-9H2,1-2H3,(H,19,20). The molecule has 2 unspecified atom stereocenters. The van der Waals surface area contributed by atoms with Crippen LogP contribution in [0.5, 0.6) is 0 Å². The number of carboxylic acids is 1. The van der Waals surface area contributed by atoms with Crippen molar-refractivity contribution in [2.24, 2.45) is 11.8 Å². The van der Waals surface area contributed by atoms with Gasteiger partial charge >= 0.3 is 5.97 Å². The maximum absolute atomic E-state index is 12.5. The molecule has 2 rings (SSSR count). The maximum Gasteiger partial charge on any atom is 0.305 e. The molecule has 0 spiro atoms. The highest BCUT2D eigenvalue weighted by Gasteiger charge is 2.39. The quantitative estimate of drug-likeness (QED) is 0.759. The molecule has 0 aromatic heterocycles. The summed E-state index contributed by atoms with van der Waals surface area (Å²) in [4.78, 5) is 38.7. The summed E-state index contributed by atoms with van der Waals surface area (Å²) < 4.78 is 0. The smallest absolute Gasteiger partial charge is 0.305 e. The predicted molar refractivity (Wildman–Crippen MR) is 76.5 cm³/mol. The lowest BCUT2D eigenvalue weighted by Crippen LogP contribution is -2.43. The molecular formula is C15H24N2O4. The normalized spacial score (nSPS) is 23.2. The highest BCUT2D eigenvalue weighted by Crippen LogP contribution is 2.32. The van der Waals surface area contributed by atoms with E-state index in [0.717, 1.165) is 6.54 Å². The molecule has 1 saturated heterocycles. The third kappa shape index (κ3) is 3.95. The Kier molecular flexibility index (Phi) is 4.85. The molecule has 6 nitrogen and oxygen atoms in total. The maximum atomic E-state index is 12.5. The molecule has 1 aliphatic heterocycles. The van der Waals surface area contributed by atoms with Gasteiger partial charge in [0.2, 0.25) is 11.8 Å². The first kappa shape index (κ1) is 15.8. The number of hydrogen-bond donors (Lipinski definition) is 1. The Bertz CT molecular complexity index is 433. The van der Waals surface area contributed by atoms with Gasteiger partial charge in [-0.1, -0.05) is 0 Å². The van der Waals surface area contributed by atoms with E-state index in [1.807, 2.05) is 6.92 Å². The number of rotatable bonds is 7. The summed E-state index contributed by atoms with van der Waals surface area (Å²) in [5.41, 5.74) is 0. The highest BCUT2D eigenvalue weighted by molar-refractivity contribution is 5.89. The lowest BCUT2D eigenvalue weighted by molar-refractivity contribution is -0.142. The first-order valence-electron chi connectivity index (χ1n) is 7.72. The van der Waals surface area contributed by atoms with Crippen molar-refractivity contribution in [3.05, 3.63) is 0 Å². The largest absolute Gasteiger partial charge is 0.481 e. The molecule has 21 heavy (non-hydrogen) atoms. The zero-order valence-electron chi connectivity index (χ0n) is 12.7. The fraction of sp³-hybridized carbons (Fsp3) is 0.800. The van der Waals surface area contributed by atoms with E-state index in [9.17, 15) is 14.4 Å². The molecule has 1 saturated carbocycles. The van der Waals surface area contributed by atoms with Gasteiger partial charge in [-0.25, -0.2) is 0 Å². The van der Waals surface area contributed by atoms with E-state index in [1.165, 1.54) is 12.8 Å². The minimum absolute atomic E-state index is 0.0576. The van der Waals surface area contributed by atoms with Gasteiger partial charge in [-0.2, -0.15) is 0 Å². The summed E-state index contributed by atoms with van der Waals surface area (Å²) >= 11 is 0. The van der Waals surface area contributed by atoms with Gasteiger partial charge < -0.3 is 14.9 Å². The Morgan fingerprint density at radius 2 is 2.10 bits per heavy atom. The van der Waals surface area contributed by atoms with E-state index in [-0.39, 0.29) is 36.6 Å². The second-order valence-corrected chi connectivity index (χ2v) is 6.21. The first-order chi connectivity index (χ1) is 9.92. The van der Waals surface area contributed by atoms with E-state index in [2.05, 4.69) is 0 Å². The van der Waals surface area contributed by atoms with Crippen LogP contribution >= 0.6 is 0 Å². The van der Waals surface area contributed by atoms with Crippen LogP contribution in [-0.2, 0) is 14.4 Å². The van der Waals surface area contributed by atoms with Crippen LogP contribution in [-0.4, -0.2) is 58.4 Å². The lowest BCUT2D eigenvalue weighted by Gasteiger charge is -2.29. The molecule has 1 aliphatic carbocycles. The van der Waals surface area contributed by atoms with Crippen molar-refractivity contribution >= 4 is 17.8 Å². The number of hydrogen-bond acceptors (Lipinski definition) is 3. The molecule has 118 valence electrons. The second kappa shape index (κ2) is 6.45. The number of likely N-dealkylation sites (tertiary alicyclic amines) is 1. The molecule has 2 amide bonds. The van der Waals surface area contributed by atoms with Gasteiger partial charge in [-0.15, -0.1) is 0 Å². The monoisotopic (exact) mass is 296 g/mol. The third-order valence-electron chi connectivity index (χ3n) is 4.37. The van der Waals surface area contributed by atoms with Gasteiger partial charge in [0.25, 0.3) is 0 Å². The average Bonchev–Trinajstić information content (AvgIpc) is 3.13. The van der Waals surface area contributed by atoms with Crippen molar-refractivity contribution < 1.29 is 19.5 Å². The van der Waals surface area contributed by atoms with Gasteiger partial charge in [0.05, 0.1) is 12.3 Å². The van der Waals surface area contributed by atoms with Gasteiger partial charge in [0.15, 0.2) is 0 Å². The molecule has 0 aromatic rings. The molecule has 6 heteroatoms. The topological polar surface area (TPSA) is 77.9 Å². The van der Waals surface area contributed by atoms with Crippen molar-refractivity contribution in [3.8, 4) is 0 Å². The Morgan fingerprint density at radius 1 is 1.43 bits per heavy atom. The Hall–Kier alpha value is -1.59. The van der Waals surface area contributed by atoms with Crippen LogP contribution in [0, 0.1) is 11.8 Å². The van der Waals surface area contributed by atoms with Crippen LogP contribution in [0.1, 0.15) is 39.5 Å². The summed E-state index contributed by atoms with van der Waals surface area (Å²) in [6.07, 6.45) is 2.56. The number of aliphatic carboxylic acids is 1. The van der Waals surface area contributed by atoms with Gasteiger partial charge in [-0.05, 0) is 32.6 Å². The Labute approximate surface area is 125 Å². The van der Waals surface area contributed by atoms with E-state index in [4.69, 9.17) is 5.11 Å². The number of amides is 2. The van der Waals surface area contributed by atoms with Crippen molar-refractivity contribution in [1.82, 2.24) is 9.80 Å². The van der Waals surface area contributed by atoms with Crippen LogP contribution in [0.3, 0.4) is 0 Å². The highest BCUT2D eigenvalue weighted by atomic mass is 16.4. The van der Waals surface area contributed by atoms with Crippen molar-refractivity contribution in [2.75, 3.05) is 19.6 Å². The van der Waals surface area contributed by atoms with E-state index in [0.29, 0.717) is 19.0 Å². The van der Waals surface area contributed by atoms with Crippen LogP contribution in [0.4, 0.5) is 0 Å². The number of carboxylic acid groups (broad SMARTS) is 1. The van der Waals surface area contributed by atoms with Crippen LogP contribution in [0.25, 0.3) is 0 Å². The molecule has 1 N–H and O–H groups in total. The minimum atomic E-state index is -0.911. The molecule has 2 aliphatic rings. The molecule has 2 atom stereocenters. The second-order valence-electron chi connectivity index (χ2n) is 6.21. The van der Waals surface area contributed by atoms with E-state index < -0.39 is 5.97 Å². The fourth-order valence-corrected chi connectivity index (χ4v) is 3.01. The lowest BCUT2D eigenvalue weighted by atomic mass is 10.1. The summed E-state index contributed by atoms with van der Waals surface area (Å²) in [6, 6.07) is -0.340. The van der Waals surface area contributed by atoms with E-state index >= 15 is 0 Å². The van der Waals surface area contributed by atoms with Crippen LogP contribution < -0.4 is 0 Å². The van der Waals surface area contributed by atoms with Gasteiger partial charge in [-0.3, -0.25) is 14.4 Å². The van der Waals surface area contributed by atoms with Gasteiger partial charge in [0.1, 0.15) is 0 Å². The van der Waals surface area contributed by atoms with Crippen LogP contribution in [0.15, 0.2) is 0 Å². The number of carbonyl (C=O) groups excluding carboxylic acids is 2. The van der Waals surface area contributed by atoms with Crippen LogP contribution in [0.2, 0.25) is 0 Å². The zero-order chi connectivity index (χ0) is 15.6.